The maximum Gasteiger partial charge on any atom is 0.289 e. The summed E-state index contributed by atoms with van der Waals surface area (Å²) in [5.74, 6) is 0.290. The van der Waals surface area contributed by atoms with Crippen LogP contribution in [0, 0.1) is 0 Å². The van der Waals surface area contributed by atoms with Crippen molar-refractivity contribution >= 4 is 39.3 Å². The SMILES string of the molecule is COc1cccc2cc(C(=O)N3CCc4nc(NC(=O)c5cnccn5)sc4C3)oc12. The lowest BCUT2D eigenvalue weighted by Gasteiger charge is -2.25. The Balaban J connectivity index is 1.33. The molecule has 0 bridgehead atoms. The number of carbonyl (C=O) groups excluding carboxylic acids is 2. The van der Waals surface area contributed by atoms with E-state index < -0.39 is 0 Å². The number of rotatable bonds is 4. The number of nitrogens with one attached hydrogen (secondary N) is 1. The summed E-state index contributed by atoms with van der Waals surface area (Å²) in [6.07, 6.45) is 4.95. The molecule has 4 heterocycles. The Labute approximate surface area is 180 Å². The largest absolute Gasteiger partial charge is 0.493 e. The van der Waals surface area contributed by atoms with Crippen molar-refractivity contribution in [1.82, 2.24) is 19.9 Å². The molecule has 31 heavy (non-hydrogen) atoms. The molecule has 1 aliphatic heterocycles. The lowest BCUT2D eigenvalue weighted by Crippen LogP contribution is -2.35. The fourth-order valence-electron chi connectivity index (χ4n) is 3.46. The minimum atomic E-state index is -0.372. The van der Waals surface area contributed by atoms with Gasteiger partial charge in [0.2, 0.25) is 0 Å². The van der Waals surface area contributed by atoms with E-state index in [9.17, 15) is 9.59 Å². The second kappa shape index (κ2) is 7.80. The maximum atomic E-state index is 13.0. The van der Waals surface area contributed by atoms with E-state index in [1.807, 2.05) is 12.1 Å². The van der Waals surface area contributed by atoms with E-state index in [0.29, 0.717) is 36.0 Å². The summed E-state index contributed by atoms with van der Waals surface area (Å²) in [6, 6.07) is 7.25. The molecule has 0 radical (unpaired) electrons. The molecular weight excluding hydrogens is 418 g/mol. The fraction of sp³-hybridized carbons (Fsp3) is 0.190. The van der Waals surface area contributed by atoms with Crippen LogP contribution in [0.1, 0.15) is 31.6 Å². The van der Waals surface area contributed by atoms with Crippen molar-refractivity contribution in [2.75, 3.05) is 19.0 Å². The number of hydrogen-bond acceptors (Lipinski definition) is 8. The fourth-order valence-corrected chi connectivity index (χ4v) is 4.48. The van der Waals surface area contributed by atoms with Crippen LogP contribution in [-0.4, -0.2) is 45.3 Å². The predicted molar refractivity (Wildman–Crippen MR) is 113 cm³/mol. The van der Waals surface area contributed by atoms with E-state index in [1.54, 1.807) is 24.1 Å². The van der Waals surface area contributed by atoms with E-state index in [4.69, 9.17) is 9.15 Å². The average Bonchev–Trinajstić information content (AvgIpc) is 3.42. The van der Waals surface area contributed by atoms with Gasteiger partial charge in [-0.25, -0.2) is 9.97 Å². The van der Waals surface area contributed by atoms with Crippen molar-refractivity contribution < 1.29 is 18.7 Å². The molecule has 0 saturated carbocycles. The summed E-state index contributed by atoms with van der Waals surface area (Å²) in [4.78, 5) is 40.4. The molecule has 0 atom stereocenters. The number of anilines is 1. The molecule has 0 saturated heterocycles. The van der Waals surface area contributed by atoms with Gasteiger partial charge in [-0.2, -0.15) is 0 Å². The van der Waals surface area contributed by atoms with Crippen LogP contribution >= 0.6 is 11.3 Å². The molecule has 0 spiro atoms. The monoisotopic (exact) mass is 435 g/mol. The smallest absolute Gasteiger partial charge is 0.289 e. The van der Waals surface area contributed by atoms with Gasteiger partial charge >= 0.3 is 0 Å². The van der Waals surface area contributed by atoms with Gasteiger partial charge in [0, 0.05) is 35.6 Å². The summed E-state index contributed by atoms with van der Waals surface area (Å²) in [5.41, 5.74) is 1.65. The van der Waals surface area contributed by atoms with Gasteiger partial charge < -0.3 is 14.1 Å². The summed E-state index contributed by atoms with van der Waals surface area (Å²) >= 11 is 1.35. The highest BCUT2D eigenvalue weighted by atomic mass is 32.1. The van der Waals surface area contributed by atoms with Crippen LogP contribution in [0.2, 0.25) is 0 Å². The minimum absolute atomic E-state index is 0.192. The number of ether oxygens (including phenoxy) is 1. The average molecular weight is 435 g/mol. The summed E-state index contributed by atoms with van der Waals surface area (Å²) in [6.45, 7) is 0.919. The first-order valence-corrected chi connectivity index (χ1v) is 10.4. The van der Waals surface area contributed by atoms with Crippen LogP contribution in [0.3, 0.4) is 0 Å². The third kappa shape index (κ3) is 3.61. The van der Waals surface area contributed by atoms with E-state index in [1.165, 1.54) is 29.9 Å². The molecule has 4 aromatic rings. The van der Waals surface area contributed by atoms with Crippen molar-refractivity contribution in [1.29, 1.82) is 0 Å². The Kier molecular flexibility index (Phi) is 4.83. The molecule has 1 aromatic carbocycles. The molecule has 1 N–H and O–H groups in total. The molecule has 5 rings (SSSR count). The van der Waals surface area contributed by atoms with Crippen LogP contribution < -0.4 is 10.1 Å². The molecule has 1 aliphatic rings. The first-order chi connectivity index (χ1) is 15.1. The quantitative estimate of drug-likeness (QED) is 0.524. The standard InChI is InChI=1S/C21H17N5O4S/c1-29-15-4-2-3-12-9-16(30-18(12)15)20(28)26-8-5-13-17(11-26)31-21(24-13)25-19(27)14-10-22-6-7-23-14/h2-4,6-7,9-10H,5,8,11H2,1H3,(H,24,25,27). The summed E-state index contributed by atoms with van der Waals surface area (Å²) in [7, 11) is 1.56. The number of fused-ring (bicyclic) bond motifs is 2. The molecule has 0 unspecified atom stereocenters. The Morgan fingerprint density at radius 2 is 2.19 bits per heavy atom. The lowest BCUT2D eigenvalue weighted by atomic mass is 10.1. The zero-order chi connectivity index (χ0) is 21.4. The van der Waals surface area contributed by atoms with Gasteiger partial charge in [-0.1, -0.05) is 23.5 Å². The molecule has 9 nitrogen and oxygen atoms in total. The number of benzene rings is 1. The number of hydrogen-bond donors (Lipinski definition) is 1. The topological polar surface area (TPSA) is 110 Å². The number of para-hydroxylation sites is 1. The van der Waals surface area contributed by atoms with Gasteiger partial charge in [0.15, 0.2) is 22.2 Å². The van der Waals surface area contributed by atoms with Crippen LogP contribution in [0.4, 0.5) is 5.13 Å². The van der Waals surface area contributed by atoms with Crippen LogP contribution in [0.5, 0.6) is 5.75 Å². The van der Waals surface area contributed by atoms with Crippen molar-refractivity contribution in [3.8, 4) is 5.75 Å². The minimum Gasteiger partial charge on any atom is -0.493 e. The highest BCUT2D eigenvalue weighted by Crippen LogP contribution is 2.32. The van der Waals surface area contributed by atoms with Crippen LogP contribution in [0.25, 0.3) is 11.0 Å². The third-order valence-corrected chi connectivity index (χ3v) is 5.97. The highest BCUT2D eigenvalue weighted by molar-refractivity contribution is 7.15. The molecular formula is C21H17N5O4S. The molecule has 3 aromatic heterocycles. The van der Waals surface area contributed by atoms with Crippen LogP contribution in [0.15, 0.2) is 47.3 Å². The first kappa shape index (κ1) is 19.2. The van der Waals surface area contributed by atoms with Gasteiger partial charge in [0.05, 0.1) is 25.5 Å². The van der Waals surface area contributed by atoms with E-state index >= 15 is 0 Å². The van der Waals surface area contributed by atoms with Gasteiger partial charge in [0.1, 0.15) is 5.69 Å². The van der Waals surface area contributed by atoms with Gasteiger partial charge in [-0.05, 0) is 12.1 Å². The Morgan fingerprint density at radius 3 is 3.00 bits per heavy atom. The number of amides is 2. The molecule has 0 fully saturated rings. The van der Waals surface area contributed by atoms with E-state index in [-0.39, 0.29) is 23.3 Å². The second-order valence-electron chi connectivity index (χ2n) is 6.90. The zero-order valence-corrected chi connectivity index (χ0v) is 17.3. The lowest BCUT2D eigenvalue weighted by molar-refractivity contribution is 0.0706. The number of aromatic nitrogens is 3. The Morgan fingerprint density at radius 1 is 1.29 bits per heavy atom. The van der Waals surface area contributed by atoms with E-state index in [0.717, 1.165) is 16.0 Å². The first-order valence-electron chi connectivity index (χ1n) is 9.54. The number of furan rings is 1. The normalized spacial score (nSPS) is 13.1. The number of carbonyl (C=O) groups is 2. The van der Waals surface area contributed by atoms with Crippen molar-refractivity contribution in [3.05, 3.63) is 64.9 Å². The van der Waals surface area contributed by atoms with Gasteiger partial charge in [0.25, 0.3) is 11.8 Å². The second-order valence-corrected chi connectivity index (χ2v) is 7.98. The van der Waals surface area contributed by atoms with Crippen molar-refractivity contribution in [2.45, 2.75) is 13.0 Å². The van der Waals surface area contributed by atoms with Gasteiger partial charge in [-0.3, -0.25) is 19.9 Å². The number of nitrogens with zero attached hydrogens (tertiary/aromatic N) is 4. The van der Waals surface area contributed by atoms with Crippen LogP contribution in [-0.2, 0) is 13.0 Å². The third-order valence-electron chi connectivity index (χ3n) is 4.97. The Hall–Kier alpha value is -3.79. The predicted octanol–water partition coefficient (Wildman–Crippen LogP) is 3.14. The molecule has 0 aliphatic carbocycles. The summed E-state index contributed by atoms with van der Waals surface area (Å²) < 4.78 is 11.1. The molecule has 156 valence electrons. The number of thiazole rings is 1. The Bertz CT molecular complexity index is 1280. The van der Waals surface area contributed by atoms with Gasteiger partial charge in [-0.15, -0.1) is 0 Å². The molecule has 2 amide bonds. The van der Waals surface area contributed by atoms with Crippen molar-refractivity contribution in [2.24, 2.45) is 0 Å². The zero-order valence-electron chi connectivity index (χ0n) is 16.5. The number of methoxy groups -OCH3 is 1. The summed E-state index contributed by atoms with van der Waals surface area (Å²) in [5, 5.41) is 4.04. The van der Waals surface area contributed by atoms with Crippen molar-refractivity contribution in [3.63, 3.8) is 0 Å². The highest BCUT2D eigenvalue weighted by Gasteiger charge is 2.27. The maximum absolute atomic E-state index is 13.0. The van der Waals surface area contributed by atoms with E-state index in [2.05, 4.69) is 20.3 Å². The molecule has 10 heteroatoms.